The largest absolute Gasteiger partial charge is 0.345 e. The SMILES string of the molecule is O=C(Nc1cccc2[nH]cnc12)C1(c2cccc(Cl)c2)CCC1. The molecule has 0 saturated heterocycles. The predicted molar refractivity (Wildman–Crippen MR) is 91.7 cm³/mol. The molecule has 2 N–H and O–H groups in total. The highest BCUT2D eigenvalue weighted by Gasteiger charge is 2.45. The van der Waals surface area contributed by atoms with Crippen molar-refractivity contribution in [3.05, 3.63) is 59.4 Å². The van der Waals surface area contributed by atoms with Crippen LogP contribution in [-0.2, 0) is 10.2 Å². The summed E-state index contributed by atoms with van der Waals surface area (Å²) in [5.74, 6) is 0.0153. The van der Waals surface area contributed by atoms with Gasteiger partial charge < -0.3 is 10.3 Å². The second-order valence-corrected chi connectivity index (χ2v) is 6.44. The van der Waals surface area contributed by atoms with Gasteiger partial charge in [0.1, 0.15) is 5.52 Å². The first-order valence-electron chi connectivity index (χ1n) is 7.69. The van der Waals surface area contributed by atoms with Crippen LogP contribution >= 0.6 is 11.6 Å². The molecule has 0 aliphatic heterocycles. The molecule has 1 amide bonds. The molecule has 116 valence electrons. The van der Waals surface area contributed by atoms with Gasteiger partial charge in [-0.05, 0) is 42.7 Å². The summed E-state index contributed by atoms with van der Waals surface area (Å²) in [4.78, 5) is 20.4. The van der Waals surface area contributed by atoms with Crippen molar-refractivity contribution in [2.45, 2.75) is 24.7 Å². The number of nitrogens with zero attached hydrogens (tertiary/aromatic N) is 1. The summed E-state index contributed by atoms with van der Waals surface area (Å²) in [6.07, 6.45) is 4.37. The fourth-order valence-electron chi connectivity index (χ4n) is 3.27. The smallest absolute Gasteiger partial charge is 0.235 e. The van der Waals surface area contributed by atoms with Gasteiger partial charge in [0.15, 0.2) is 0 Å². The minimum Gasteiger partial charge on any atom is -0.345 e. The Morgan fingerprint density at radius 3 is 2.78 bits per heavy atom. The van der Waals surface area contributed by atoms with E-state index in [0.717, 1.165) is 41.5 Å². The van der Waals surface area contributed by atoms with E-state index in [9.17, 15) is 4.79 Å². The van der Waals surface area contributed by atoms with Crippen LogP contribution in [0.3, 0.4) is 0 Å². The molecule has 2 aromatic carbocycles. The number of para-hydroxylation sites is 1. The van der Waals surface area contributed by atoms with E-state index in [1.807, 2.05) is 42.5 Å². The number of anilines is 1. The Kier molecular flexibility index (Phi) is 3.34. The number of hydrogen-bond acceptors (Lipinski definition) is 2. The molecule has 4 nitrogen and oxygen atoms in total. The van der Waals surface area contributed by atoms with Gasteiger partial charge in [-0.25, -0.2) is 4.98 Å². The van der Waals surface area contributed by atoms with Gasteiger partial charge in [-0.15, -0.1) is 0 Å². The maximum Gasteiger partial charge on any atom is 0.235 e. The highest BCUT2D eigenvalue weighted by Crippen LogP contribution is 2.45. The van der Waals surface area contributed by atoms with Gasteiger partial charge >= 0.3 is 0 Å². The third-order valence-corrected chi connectivity index (χ3v) is 4.95. The fourth-order valence-corrected chi connectivity index (χ4v) is 3.46. The lowest BCUT2D eigenvalue weighted by atomic mass is 9.64. The van der Waals surface area contributed by atoms with Crippen molar-refractivity contribution in [3.63, 3.8) is 0 Å². The van der Waals surface area contributed by atoms with Crippen molar-refractivity contribution >= 4 is 34.2 Å². The lowest BCUT2D eigenvalue weighted by Gasteiger charge is -2.40. The molecule has 1 aliphatic rings. The standard InChI is InChI=1S/C18H16ClN3O/c19-13-5-1-4-12(10-13)18(8-3-9-18)17(23)22-15-7-2-6-14-16(15)21-11-20-14/h1-2,4-7,10-11H,3,8-9H2,(H,20,21)(H,22,23). The third-order valence-electron chi connectivity index (χ3n) is 4.72. The Labute approximate surface area is 138 Å². The molecule has 0 radical (unpaired) electrons. The number of amides is 1. The van der Waals surface area contributed by atoms with Crippen LogP contribution in [-0.4, -0.2) is 15.9 Å². The molecule has 0 bridgehead atoms. The van der Waals surface area contributed by atoms with E-state index >= 15 is 0 Å². The third kappa shape index (κ3) is 2.30. The molecular formula is C18H16ClN3O. The van der Waals surface area contributed by atoms with Gasteiger partial charge in [0.2, 0.25) is 5.91 Å². The number of aromatic amines is 1. The summed E-state index contributed by atoms with van der Waals surface area (Å²) in [5, 5.41) is 3.73. The van der Waals surface area contributed by atoms with E-state index < -0.39 is 5.41 Å². The summed E-state index contributed by atoms with van der Waals surface area (Å²) in [7, 11) is 0. The summed E-state index contributed by atoms with van der Waals surface area (Å²) in [6.45, 7) is 0. The van der Waals surface area contributed by atoms with E-state index in [1.165, 1.54) is 0 Å². The van der Waals surface area contributed by atoms with Crippen LogP contribution < -0.4 is 5.32 Å². The van der Waals surface area contributed by atoms with Crippen LogP contribution in [0.25, 0.3) is 11.0 Å². The minimum atomic E-state index is -0.483. The molecule has 1 heterocycles. The molecule has 5 heteroatoms. The maximum atomic E-state index is 13.0. The van der Waals surface area contributed by atoms with Gasteiger partial charge in [0.05, 0.1) is 22.9 Å². The zero-order chi connectivity index (χ0) is 15.9. The van der Waals surface area contributed by atoms with Gasteiger partial charge in [0.25, 0.3) is 0 Å². The molecule has 23 heavy (non-hydrogen) atoms. The molecule has 3 aromatic rings. The maximum absolute atomic E-state index is 13.0. The van der Waals surface area contributed by atoms with Crippen molar-refractivity contribution < 1.29 is 4.79 Å². The number of rotatable bonds is 3. The molecule has 0 atom stereocenters. The van der Waals surface area contributed by atoms with Crippen LogP contribution in [0.5, 0.6) is 0 Å². The predicted octanol–water partition coefficient (Wildman–Crippen LogP) is 4.28. The van der Waals surface area contributed by atoms with Gasteiger partial charge in [0, 0.05) is 5.02 Å². The Balaban J connectivity index is 1.69. The number of carbonyl (C=O) groups is 1. The molecule has 0 spiro atoms. The van der Waals surface area contributed by atoms with Crippen LogP contribution in [0.15, 0.2) is 48.8 Å². The zero-order valence-electron chi connectivity index (χ0n) is 12.5. The summed E-state index contributed by atoms with van der Waals surface area (Å²) in [5.41, 5.74) is 2.93. The molecule has 4 rings (SSSR count). The van der Waals surface area contributed by atoms with Crippen LogP contribution in [0.4, 0.5) is 5.69 Å². The molecule has 1 aromatic heterocycles. The Morgan fingerprint density at radius 1 is 1.22 bits per heavy atom. The molecular weight excluding hydrogens is 310 g/mol. The van der Waals surface area contributed by atoms with Crippen molar-refractivity contribution in [1.29, 1.82) is 0 Å². The first kappa shape index (κ1) is 14.3. The topological polar surface area (TPSA) is 57.8 Å². The molecule has 1 fully saturated rings. The number of nitrogens with one attached hydrogen (secondary N) is 2. The highest BCUT2D eigenvalue weighted by atomic mass is 35.5. The Bertz CT molecular complexity index is 883. The summed E-state index contributed by atoms with van der Waals surface area (Å²) in [6, 6.07) is 13.3. The number of benzene rings is 2. The van der Waals surface area contributed by atoms with Crippen molar-refractivity contribution in [2.75, 3.05) is 5.32 Å². The van der Waals surface area contributed by atoms with Crippen LogP contribution in [0.1, 0.15) is 24.8 Å². The Hall–Kier alpha value is -2.33. The number of halogens is 1. The van der Waals surface area contributed by atoms with Crippen LogP contribution in [0, 0.1) is 0 Å². The monoisotopic (exact) mass is 325 g/mol. The first-order valence-corrected chi connectivity index (χ1v) is 8.06. The van der Waals surface area contributed by atoms with Crippen molar-refractivity contribution in [3.8, 4) is 0 Å². The number of imidazole rings is 1. The second-order valence-electron chi connectivity index (χ2n) is 6.00. The average molecular weight is 326 g/mol. The Morgan fingerprint density at radius 2 is 2.04 bits per heavy atom. The van der Waals surface area contributed by atoms with Crippen LogP contribution in [0.2, 0.25) is 5.02 Å². The molecule has 1 saturated carbocycles. The minimum absolute atomic E-state index is 0.0153. The number of hydrogen-bond donors (Lipinski definition) is 2. The molecule has 1 aliphatic carbocycles. The van der Waals surface area contributed by atoms with Gasteiger partial charge in [-0.1, -0.05) is 36.2 Å². The zero-order valence-corrected chi connectivity index (χ0v) is 13.2. The van der Waals surface area contributed by atoms with Crippen molar-refractivity contribution in [1.82, 2.24) is 9.97 Å². The normalized spacial score (nSPS) is 16.0. The molecule has 0 unspecified atom stereocenters. The van der Waals surface area contributed by atoms with Crippen molar-refractivity contribution in [2.24, 2.45) is 0 Å². The average Bonchev–Trinajstić information content (AvgIpc) is 2.96. The summed E-state index contributed by atoms with van der Waals surface area (Å²) < 4.78 is 0. The first-order chi connectivity index (χ1) is 11.2. The number of carbonyl (C=O) groups excluding carboxylic acids is 1. The van der Waals surface area contributed by atoms with E-state index in [4.69, 9.17) is 11.6 Å². The number of aromatic nitrogens is 2. The van der Waals surface area contributed by atoms with E-state index in [-0.39, 0.29) is 5.91 Å². The fraction of sp³-hybridized carbons (Fsp3) is 0.222. The van der Waals surface area contributed by atoms with Gasteiger partial charge in [-0.2, -0.15) is 0 Å². The lowest BCUT2D eigenvalue weighted by molar-refractivity contribution is -0.124. The summed E-state index contributed by atoms with van der Waals surface area (Å²) >= 11 is 6.11. The van der Waals surface area contributed by atoms with E-state index in [1.54, 1.807) is 6.33 Å². The number of H-pyrrole nitrogens is 1. The number of fused-ring (bicyclic) bond motifs is 1. The second kappa shape index (κ2) is 5.39. The van der Waals surface area contributed by atoms with E-state index in [0.29, 0.717) is 5.02 Å². The van der Waals surface area contributed by atoms with E-state index in [2.05, 4.69) is 15.3 Å². The van der Waals surface area contributed by atoms with Gasteiger partial charge in [-0.3, -0.25) is 4.79 Å². The highest BCUT2D eigenvalue weighted by molar-refractivity contribution is 6.30. The lowest BCUT2D eigenvalue weighted by Crippen LogP contribution is -2.46. The quantitative estimate of drug-likeness (QED) is 0.755.